The van der Waals surface area contributed by atoms with Gasteiger partial charge in [-0.15, -0.1) is 11.3 Å². The summed E-state index contributed by atoms with van der Waals surface area (Å²) in [7, 11) is 0. The summed E-state index contributed by atoms with van der Waals surface area (Å²) < 4.78 is 0. The van der Waals surface area contributed by atoms with Crippen LogP contribution in [0.15, 0.2) is 17.5 Å². The quantitative estimate of drug-likeness (QED) is 0.813. The monoisotopic (exact) mass is 219 g/mol. The highest BCUT2D eigenvalue weighted by Gasteiger charge is 2.66. The van der Waals surface area contributed by atoms with Crippen molar-refractivity contribution in [3.05, 3.63) is 22.4 Å². The number of fused-ring (bicyclic) bond motifs is 5. The summed E-state index contributed by atoms with van der Waals surface area (Å²) in [6.07, 6.45) is 4.53. The zero-order valence-electron chi connectivity index (χ0n) is 8.80. The van der Waals surface area contributed by atoms with Crippen molar-refractivity contribution < 1.29 is 0 Å². The second-order valence-corrected chi connectivity index (χ2v) is 6.59. The molecule has 1 aromatic rings. The van der Waals surface area contributed by atoms with Gasteiger partial charge in [0.1, 0.15) is 0 Å². The van der Waals surface area contributed by atoms with Crippen molar-refractivity contribution in [3.8, 4) is 0 Å². The lowest BCUT2D eigenvalue weighted by molar-refractivity contribution is 0.420. The molecule has 0 radical (unpaired) electrons. The fourth-order valence-electron chi connectivity index (χ4n) is 4.54. The highest BCUT2D eigenvalue weighted by Crippen LogP contribution is 2.71. The summed E-state index contributed by atoms with van der Waals surface area (Å²) in [6, 6.07) is 4.70. The molecular weight excluding hydrogens is 202 g/mol. The molecule has 3 aliphatic rings. The van der Waals surface area contributed by atoms with Crippen LogP contribution in [0.5, 0.6) is 0 Å². The summed E-state index contributed by atoms with van der Waals surface area (Å²) in [4.78, 5) is 1.41. The maximum Gasteiger partial charge on any atom is 0.0424 e. The summed E-state index contributed by atoms with van der Waals surface area (Å²) in [5.41, 5.74) is 6.40. The van der Waals surface area contributed by atoms with Crippen molar-refractivity contribution in [2.24, 2.45) is 35.3 Å². The standard InChI is InChI=1S/C13H17NS/c14-13(9-2-1-5-15-9)12-10-7-3-4-8(6-7)11(10)12/h1-2,5,7-8,10-13H,3-4,6,14H2. The van der Waals surface area contributed by atoms with E-state index in [0.717, 1.165) is 29.6 Å². The fraction of sp³-hybridized carbons (Fsp3) is 0.692. The SMILES string of the molecule is NC(c1cccs1)C1C2C3CCC(C3)C21. The van der Waals surface area contributed by atoms with E-state index in [1.165, 1.54) is 24.1 Å². The summed E-state index contributed by atoms with van der Waals surface area (Å²) in [6.45, 7) is 0. The van der Waals surface area contributed by atoms with Crippen LogP contribution in [0, 0.1) is 29.6 Å². The third-order valence-electron chi connectivity index (χ3n) is 5.08. The van der Waals surface area contributed by atoms with Crippen LogP contribution in [0.1, 0.15) is 30.2 Å². The van der Waals surface area contributed by atoms with E-state index in [1.54, 1.807) is 0 Å². The van der Waals surface area contributed by atoms with Crippen molar-refractivity contribution in [3.63, 3.8) is 0 Å². The third kappa shape index (κ3) is 1.07. The van der Waals surface area contributed by atoms with Gasteiger partial charge >= 0.3 is 0 Å². The van der Waals surface area contributed by atoms with Crippen LogP contribution in [0.3, 0.4) is 0 Å². The van der Waals surface area contributed by atoms with E-state index in [0.29, 0.717) is 6.04 Å². The zero-order valence-corrected chi connectivity index (χ0v) is 9.62. The number of hydrogen-bond donors (Lipinski definition) is 1. The van der Waals surface area contributed by atoms with Crippen LogP contribution in [-0.4, -0.2) is 0 Å². The fourth-order valence-corrected chi connectivity index (χ4v) is 5.33. The summed E-state index contributed by atoms with van der Waals surface area (Å²) in [5, 5.41) is 2.15. The number of thiophene rings is 1. The van der Waals surface area contributed by atoms with E-state index >= 15 is 0 Å². The van der Waals surface area contributed by atoms with Gasteiger partial charge in [0.2, 0.25) is 0 Å². The normalized spacial score (nSPS) is 47.9. The van der Waals surface area contributed by atoms with Gasteiger partial charge in [0.25, 0.3) is 0 Å². The van der Waals surface area contributed by atoms with Crippen LogP contribution in [-0.2, 0) is 0 Å². The van der Waals surface area contributed by atoms with Crippen molar-refractivity contribution in [2.45, 2.75) is 25.3 Å². The maximum atomic E-state index is 6.40. The van der Waals surface area contributed by atoms with Crippen LogP contribution < -0.4 is 5.73 Å². The van der Waals surface area contributed by atoms with Gasteiger partial charge in [-0.05, 0) is 60.3 Å². The molecule has 0 aliphatic heterocycles. The molecule has 4 rings (SSSR count). The molecule has 1 aromatic heterocycles. The average molecular weight is 219 g/mol. The Balaban J connectivity index is 1.58. The highest BCUT2D eigenvalue weighted by atomic mass is 32.1. The molecule has 5 atom stereocenters. The van der Waals surface area contributed by atoms with Gasteiger partial charge in [0.05, 0.1) is 0 Å². The average Bonchev–Trinajstić information content (AvgIpc) is 2.70. The van der Waals surface area contributed by atoms with Gasteiger partial charge in [0, 0.05) is 10.9 Å². The molecule has 80 valence electrons. The summed E-state index contributed by atoms with van der Waals surface area (Å²) >= 11 is 1.84. The van der Waals surface area contributed by atoms with Crippen LogP contribution in [0.25, 0.3) is 0 Å². The molecule has 0 amide bonds. The molecule has 3 saturated carbocycles. The van der Waals surface area contributed by atoms with Gasteiger partial charge in [-0.3, -0.25) is 0 Å². The number of nitrogens with two attached hydrogens (primary N) is 1. The molecule has 3 fully saturated rings. The van der Waals surface area contributed by atoms with E-state index in [2.05, 4.69) is 17.5 Å². The molecule has 5 unspecified atom stereocenters. The molecule has 0 spiro atoms. The molecule has 0 aromatic carbocycles. The van der Waals surface area contributed by atoms with Gasteiger partial charge in [0.15, 0.2) is 0 Å². The minimum atomic E-state index is 0.350. The molecular formula is C13H17NS. The lowest BCUT2D eigenvalue weighted by atomic mass is 9.97. The minimum Gasteiger partial charge on any atom is -0.323 e. The largest absolute Gasteiger partial charge is 0.323 e. The van der Waals surface area contributed by atoms with E-state index in [4.69, 9.17) is 5.73 Å². The first kappa shape index (κ1) is 8.77. The van der Waals surface area contributed by atoms with Crippen LogP contribution in [0.4, 0.5) is 0 Å². The molecule has 0 saturated heterocycles. The van der Waals surface area contributed by atoms with E-state index in [9.17, 15) is 0 Å². The predicted molar refractivity (Wildman–Crippen MR) is 62.5 cm³/mol. The Bertz CT molecular complexity index is 356. The predicted octanol–water partition coefficient (Wildman–Crippen LogP) is 3.04. The number of hydrogen-bond acceptors (Lipinski definition) is 2. The zero-order chi connectivity index (χ0) is 9.99. The minimum absolute atomic E-state index is 0.350. The molecule has 1 heterocycles. The van der Waals surface area contributed by atoms with Crippen molar-refractivity contribution in [2.75, 3.05) is 0 Å². The van der Waals surface area contributed by atoms with Crippen LogP contribution >= 0.6 is 11.3 Å². The molecule has 2 heteroatoms. The second-order valence-electron chi connectivity index (χ2n) is 5.61. The lowest BCUT2D eigenvalue weighted by Gasteiger charge is -2.14. The Labute approximate surface area is 94.7 Å². The highest BCUT2D eigenvalue weighted by molar-refractivity contribution is 7.10. The maximum absolute atomic E-state index is 6.40. The van der Waals surface area contributed by atoms with Crippen molar-refractivity contribution in [1.29, 1.82) is 0 Å². The van der Waals surface area contributed by atoms with E-state index in [1.807, 2.05) is 11.3 Å². The lowest BCUT2D eigenvalue weighted by Crippen LogP contribution is -2.16. The van der Waals surface area contributed by atoms with Crippen molar-refractivity contribution in [1.82, 2.24) is 0 Å². The Morgan fingerprint density at radius 1 is 1.27 bits per heavy atom. The topological polar surface area (TPSA) is 26.0 Å². The van der Waals surface area contributed by atoms with Gasteiger partial charge < -0.3 is 5.73 Å². The number of rotatable bonds is 2. The van der Waals surface area contributed by atoms with Gasteiger partial charge in [-0.25, -0.2) is 0 Å². The Kier molecular flexibility index (Phi) is 1.67. The molecule has 15 heavy (non-hydrogen) atoms. The Hall–Kier alpha value is -0.340. The summed E-state index contributed by atoms with van der Waals surface area (Å²) in [5.74, 6) is 4.98. The first-order valence-electron chi connectivity index (χ1n) is 6.15. The second kappa shape index (κ2) is 2.86. The molecule has 2 N–H and O–H groups in total. The van der Waals surface area contributed by atoms with Crippen LogP contribution in [0.2, 0.25) is 0 Å². The van der Waals surface area contributed by atoms with Gasteiger partial charge in [-0.1, -0.05) is 6.07 Å². The smallest absolute Gasteiger partial charge is 0.0424 e. The first-order valence-corrected chi connectivity index (χ1v) is 7.03. The van der Waals surface area contributed by atoms with E-state index < -0.39 is 0 Å². The molecule has 2 bridgehead atoms. The molecule has 1 nitrogen and oxygen atoms in total. The Morgan fingerprint density at radius 3 is 2.60 bits per heavy atom. The molecule has 3 aliphatic carbocycles. The Morgan fingerprint density at radius 2 is 2.00 bits per heavy atom. The first-order chi connectivity index (χ1) is 7.36. The van der Waals surface area contributed by atoms with E-state index in [-0.39, 0.29) is 0 Å². The van der Waals surface area contributed by atoms with Gasteiger partial charge in [-0.2, -0.15) is 0 Å². The van der Waals surface area contributed by atoms with Crippen molar-refractivity contribution >= 4 is 11.3 Å². The third-order valence-corrected chi connectivity index (χ3v) is 6.05.